The third-order valence-corrected chi connectivity index (χ3v) is 5.04. The third-order valence-electron chi connectivity index (χ3n) is 5.04. The van der Waals surface area contributed by atoms with Gasteiger partial charge in [-0.1, -0.05) is 19.1 Å². The molecule has 0 fully saturated rings. The van der Waals surface area contributed by atoms with Crippen molar-refractivity contribution in [3.05, 3.63) is 29.9 Å². The molecule has 5 nitrogen and oxygen atoms in total. The van der Waals surface area contributed by atoms with Crippen LogP contribution in [0.4, 0.5) is 0 Å². The van der Waals surface area contributed by atoms with E-state index in [9.17, 15) is 4.79 Å². The molecule has 120 valence electrons. The van der Waals surface area contributed by atoms with Crippen LogP contribution in [0.2, 0.25) is 0 Å². The summed E-state index contributed by atoms with van der Waals surface area (Å²) >= 11 is 0. The molecular formula is C17H25N3O2. The molecule has 1 aromatic rings. The molecule has 1 aliphatic heterocycles. The molecule has 0 spiro atoms. The van der Waals surface area contributed by atoms with Crippen LogP contribution in [0.5, 0.6) is 0 Å². The van der Waals surface area contributed by atoms with Crippen LogP contribution in [0.1, 0.15) is 50.7 Å². The lowest BCUT2D eigenvalue weighted by atomic mass is 9.77. The fraction of sp³-hybridized carbons (Fsp3) is 0.647. The van der Waals surface area contributed by atoms with Gasteiger partial charge in [-0.25, -0.2) is 4.98 Å². The number of ether oxygens (including phenoxy) is 1. The van der Waals surface area contributed by atoms with Gasteiger partial charge in [0.1, 0.15) is 5.82 Å². The molecule has 1 amide bonds. The molecule has 0 saturated heterocycles. The number of nitrogens with zero attached hydrogens (tertiary/aromatic N) is 3. The Labute approximate surface area is 132 Å². The van der Waals surface area contributed by atoms with Gasteiger partial charge < -0.3 is 14.2 Å². The van der Waals surface area contributed by atoms with E-state index in [0.29, 0.717) is 6.61 Å². The number of rotatable bonds is 3. The molecule has 2 heterocycles. The van der Waals surface area contributed by atoms with Crippen molar-refractivity contribution < 1.29 is 9.53 Å². The van der Waals surface area contributed by atoms with Crippen molar-refractivity contribution in [3.8, 4) is 0 Å². The average molecular weight is 303 g/mol. The second-order valence-electron chi connectivity index (χ2n) is 6.64. The minimum Gasteiger partial charge on any atom is -0.378 e. The van der Waals surface area contributed by atoms with Gasteiger partial charge in [0.15, 0.2) is 0 Å². The zero-order valence-electron chi connectivity index (χ0n) is 13.7. The zero-order chi connectivity index (χ0) is 15.7. The Hall–Kier alpha value is -1.62. The summed E-state index contributed by atoms with van der Waals surface area (Å²) in [4.78, 5) is 19.6. The first-order valence-corrected chi connectivity index (χ1v) is 8.06. The van der Waals surface area contributed by atoms with E-state index in [1.54, 1.807) is 7.11 Å². The molecule has 0 radical (unpaired) electrons. The van der Waals surface area contributed by atoms with Gasteiger partial charge >= 0.3 is 0 Å². The van der Waals surface area contributed by atoms with Crippen LogP contribution >= 0.6 is 0 Å². The summed E-state index contributed by atoms with van der Waals surface area (Å²) < 4.78 is 7.42. The van der Waals surface area contributed by atoms with Crippen molar-refractivity contribution in [1.82, 2.24) is 14.5 Å². The number of hydrogen-bond acceptors (Lipinski definition) is 3. The van der Waals surface area contributed by atoms with E-state index in [0.717, 1.165) is 43.9 Å². The summed E-state index contributed by atoms with van der Waals surface area (Å²) in [5.74, 6) is 1.24. The predicted molar refractivity (Wildman–Crippen MR) is 84.2 cm³/mol. The van der Waals surface area contributed by atoms with Crippen LogP contribution in [0, 0.1) is 5.41 Å². The third kappa shape index (κ3) is 2.47. The molecule has 2 aliphatic rings. The van der Waals surface area contributed by atoms with Crippen molar-refractivity contribution in [2.75, 3.05) is 13.7 Å². The number of allylic oxidation sites excluding steroid dienone is 2. The summed E-state index contributed by atoms with van der Waals surface area (Å²) in [5.41, 5.74) is 0.830. The van der Waals surface area contributed by atoms with Crippen LogP contribution in [-0.2, 0) is 22.7 Å². The molecule has 22 heavy (non-hydrogen) atoms. The van der Waals surface area contributed by atoms with Gasteiger partial charge in [-0.3, -0.25) is 4.79 Å². The molecule has 0 bridgehead atoms. The first-order chi connectivity index (χ1) is 10.6. The molecule has 5 heteroatoms. The maximum Gasteiger partial charge on any atom is 0.229 e. The Morgan fingerprint density at radius 1 is 1.45 bits per heavy atom. The lowest BCUT2D eigenvalue weighted by Gasteiger charge is -2.41. The monoisotopic (exact) mass is 303 g/mol. The van der Waals surface area contributed by atoms with Crippen molar-refractivity contribution in [2.24, 2.45) is 5.41 Å². The standard InChI is InChI=1S/C17H25N3O2/c1-13-15-18-11-14(12-22-3)20(15)10-9-19(13)16(21)17(2)7-5-4-6-8-17/h4-5,11,13H,6-10,12H2,1-3H3. The van der Waals surface area contributed by atoms with Gasteiger partial charge in [-0.15, -0.1) is 0 Å². The van der Waals surface area contributed by atoms with Gasteiger partial charge in [0.2, 0.25) is 5.91 Å². The number of methoxy groups -OCH3 is 1. The number of fused-ring (bicyclic) bond motifs is 1. The molecule has 1 aliphatic carbocycles. The number of hydrogen-bond donors (Lipinski definition) is 0. The molecule has 1 aromatic heterocycles. The summed E-state index contributed by atoms with van der Waals surface area (Å²) in [6.45, 7) is 6.29. The quantitative estimate of drug-likeness (QED) is 0.807. The largest absolute Gasteiger partial charge is 0.378 e. The minimum atomic E-state index is -0.257. The zero-order valence-corrected chi connectivity index (χ0v) is 13.7. The molecule has 0 saturated carbocycles. The van der Waals surface area contributed by atoms with Crippen molar-refractivity contribution in [1.29, 1.82) is 0 Å². The fourth-order valence-electron chi connectivity index (χ4n) is 3.61. The highest BCUT2D eigenvalue weighted by Gasteiger charge is 2.40. The van der Waals surface area contributed by atoms with Crippen LogP contribution < -0.4 is 0 Å². The van der Waals surface area contributed by atoms with Gasteiger partial charge in [-0.2, -0.15) is 0 Å². The Kier molecular flexibility index (Phi) is 4.08. The van der Waals surface area contributed by atoms with Crippen molar-refractivity contribution >= 4 is 5.91 Å². The van der Waals surface area contributed by atoms with E-state index in [4.69, 9.17) is 4.74 Å². The van der Waals surface area contributed by atoms with Crippen LogP contribution in [0.15, 0.2) is 18.3 Å². The highest BCUT2D eigenvalue weighted by Crippen LogP contribution is 2.37. The summed E-state index contributed by atoms with van der Waals surface area (Å²) in [7, 11) is 1.69. The summed E-state index contributed by atoms with van der Waals surface area (Å²) in [6.07, 6.45) is 8.98. The molecule has 0 N–H and O–H groups in total. The topological polar surface area (TPSA) is 47.4 Å². The van der Waals surface area contributed by atoms with Crippen LogP contribution in [-0.4, -0.2) is 34.0 Å². The highest BCUT2D eigenvalue weighted by molar-refractivity contribution is 5.83. The minimum absolute atomic E-state index is 0.0228. The van der Waals surface area contributed by atoms with E-state index in [1.807, 2.05) is 11.1 Å². The van der Waals surface area contributed by atoms with E-state index in [1.165, 1.54) is 0 Å². The second-order valence-corrected chi connectivity index (χ2v) is 6.64. The van der Waals surface area contributed by atoms with Crippen molar-refractivity contribution in [2.45, 2.75) is 52.3 Å². The van der Waals surface area contributed by atoms with E-state index in [2.05, 4.69) is 35.6 Å². The normalized spacial score (nSPS) is 27.8. The predicted octanol–water partition coefficient (Wildman–Crippen LogP) is 2.68. The van der Waals surface area contributed by atoms with Gasteiger partial charge in [-0.05, 0) is 26.2 Å². The van der Waals surface area contributed by atoms with Gasteiger partial charge in [0, 0.05) is 20.2 Å². The fourth-order valence-corrected chi connectivity index (χ4v) is 3.61. The van der Waals surface area contributed by atoms with Crippen LogP contribution in [0.25, 0.3) is 0 Å². The van der Waals surface area contributed by atoms with Gasteiger partial charge in [0.05, 0.1) is 30.0 Å². The first kappa shape index (κ1) is 15.3. The number of amides is 1. The molecule has 2 unspecified atom stereocenters. The maximum atomic E-state index is 13.1. The molecule has 2 atom stereocenters. The number of imidazole rings is 1. The first-order valence-electron chi connectivity index (χ1n) is 8.06. The Balaban J connectivity index is 1.82. The molecular weight excluding hydrogens is 278 g/mol. The lowest BCUT2D eigenvalue weighted by molar-refractivity contribution is -0.145. The van der Waals surface area contributed by atoms with E-state index in [-0.39, 0.29) is 17.4 Å². The SMILES string of the molecule is COCc1cnc2n1CCN(C(=O)C1(C)CC=CCC1)C2C. The summed E-state index contributed by atoms with van der Waals surface area (Å²) in [6, 6.07) is 0.0228. The Morgan fingerprint density at radius 3 is 2.95 bits per heavy atom. The van der Waals surface area contributed by atoms with Crippen LogP contribution in [0.3, 0.4) is 0 Å². The second kappa shape index (κ2) is 5.88. The Morgan fingerprint density at radius 2 is 2.27 bits per heavy atom. The number of aromatic nitrogens is 2. The van der Waals surface area contributed by atoms with Crippen molar-refractivity contribution in [3.63, 3.8) is 0 Å². The smallest absolute Gasteiger partial charge is 0.229 e. The molecule has 0 aromatic carbocycles. The van der Waals surface area contributed by atoms with E-state index < -0.39 is 0 Å². The average Bonchev–Trinajstić information content (AvgIpc) is 2.92. The Bertz CT molecular complexity index is 593. The maximum absolute atomic E-state index is 13.1. The van der Waals surface area contributed by atoms with E-state index >= 15 is 0 Å². The van der Waals surface area contributed by atoms with Gasteiger partial charge in [0.25, 0.3) is 0 Å². The number of carbonyl (C=O) groups excluding carboxylic acids is 1. The molecule has 3 rings (SSSR count). The highest BCUT2D eigenvalue weighted by atomic mass is 16.5. The number of carbonyl (C=O) groups is 1. The summed E-state index contributed by atoms with van der Waals surface area (Å²) in [5, 5.41) is 0. The lowest BCUT2D eigenvalue weighted by Crippen LogP contribution is -2.48.